The maximum Gasteiger partial charge on any atom is 0.252 e. The molecule has 0 aliphatic rings. The van der Waals surface area contributed by atoms with E-state index in [1.165, 1.54) is 6.07 Å². The maximum atomic E-state index is 14.1. The molecule has 0 amide bonds. The molecule has 6 heteroatoms. The molecule has 2 aromatic carbocycles. The first-order valence-corrected chi connectivity index (χ1v) is 7.87. The third-order valence-electron chi connectivity index (χ3n) is 3.82. The van der Waals surface area contributed by atoms with Crippen LogP contribution in [-0.4, -0.2) is 5.24 Å². The smallest absolute Gasteiger partial charge is 0.252 e. The lowest BCUT2D eigenvalue weighted by atomic mass is 9.97. The van der Waals surface area contributed by atoms with Crippen LogP contribution in [0.2, 0.25) is 0 Å². The molecule has 0 radical (unpaired) electrons. The van der Waals surface area contributed by atoms with Crippen molar-refractivity contribution < 1.29 is 22.4 Å². The second kappa shape index (κ2) is 7.79. The van der Waals surface area contributed by atoms with E-state index in [4.69, 9.17) is 11.6 Å². The van der Waals surface area contributed by atoms with Crippen LogP contribution >= 0.6 is 11.6 Å². The largest absolute Gasteiger partial charge is 0.276 e. The molecule has 0 unspecified atom stereocenters. The molecule has 0 bridgehead atoms. The number of halogens is 5. The molecule has 0 spiro atoms. The summed E-state index contributed by atoms with van der Waals surface area (Å²) < 4.78 is 56.2. The predicted molar refractivity (Wildman–Crippen MR) is 84.3 cm³/mol. The van der Waals surface area contributed by atoms with Crippen molar-refractivity contribution in [3.05, 3.63) is 69.8 Å². The van der Waals surface area contributed by atoms with E-state index in [1.807, 2.05) is 0 Å². The van der Waals surface area contributed by atoms with Crippen molar-refractivity contribution in [2.75, 3.05) is 0 Å². The first kappa shape index (κ1) is 18.5. The van der Waals surface area contributed by atoms with Gasteiger partial charge in [0.05, 0.1) is 0 Å². The zero-order chi connectivity index (χ0) is 17.9. The van der Waals surface area contributed by atoms with Crippen LogP contribution in [0, 0.1) is 23.3 Å². The molecule has 0 aliphatic carbocycles. The van der Waals surface area contributed by atoms with Gasteiger partial charge in [-0.25, -0.2) is 17.6 Å². The Morgan fingerprint density at radius 3 is 1.88 bits per heavy atom. The molecule has 0 saturated heterocycles. The van der Waals surface area contributed by atoms with Gasteiger partial charge in [0.15, 0.2) is 23.3 Å². The van der Waals surface area contributed by atoms with Crippen molar-refractivity contribution in [1.82, 2.24) is 0 Å². The molecule has 0 heterocycles. The average Bonchev–Trinajstić information content (AvgIpc) is 2.57. The van der Waals surface area contributed by atoms with Gasteiger partial charge in [-0.1, -0.05) is 31.5 Å². The quantitative estimate of drug-likeness (QED) is 0.386. The molecule has 1 nitrogen and oxygen atoms in total. The van der Waals surface area contributed by atoms with Crippen LogP contribution in [0.3, 0.4) is 0 Å². The van der Waals surface area contributed by atoms with Gasteiger partial charge in [0.2, 0.25) is 0 Å². The highest BCUT2D eigenvalue weighted by molar-refractivity contribution is 6.67. The summed E-state index contributed by atoms with van der Waals surface area (Å²) in [5.74, 6) is -5.47. The molecule has 0 aromatic heterocycles. The first-order valence-electron chi connectivity index (χ1n) is 7.49. The van der Waals surface area contributed by atoms with Crippen LogP contribution in [0.25, 0.3) is 0 Å². The number of benzene rings is 2. The molecule has 0 fully saturated rings. The molecule has 128 valence electrons. The number of aryl methyl sites for hydroxylation is 1. The van der Waals surface area contributed by atoms with E-state index in [9.17, 15) is 22.4 Å². The summed E-state index contributed by atoms with van der Waals surface area (Å²) in [6, 6.07) is 6.28. The Labute approximate surface area is 142 Å². The third-order valence-corrected chi connectivity index (χ3v) is 4.02. The highest BCUT2D eigenvalue weighted by atomic mass is 35.5. The second-order valence-corrected chi connectivity index (χ2v) is 5.74. The van der Waals surface area contributed by atoms with Crippen LogP contribution in [-0.2, 0) is 19.3 Å². The highest BCUT2D eigenvalue weighted by Crippen LogP contribution is 2.27. The van der Waals surface area contributed by atoms with Crippen LogP contribution in [0.4, 0.5) is 17.6 Å². The third kappa shape index (κ3) is 3.61. The Morgan fingerprint density at radius 1 is 0.875 bits per heavy atom. The lowest BCUT2D eigenvalue weighted by molar-refractivity contribution is 0.108. The topological polar surface area (TPSA) is 17.1 Å². The number of carbonyl (C=O) groups excluding carboxylic acids is 1. The van der Waals surface area contributed by atoms with Gasteiger partial charge in [-0.3, -0.25) is 4.79 Å². The van der Waals surface area contributed by atoms with Gasteiger partial charge in [-0.05, 0) is 42.5 Å². The van der Waals surface area contributed by atoms with Gasteiger partial charge in [-0.2, -0.15) is 0 Å². The summed E-state index contributed by atoms with van der Waals surface area (Å²) in [4.78, 5) is 11.3. The van der Waals surface area contributed by atoms with Crippen molar-refractivity contribution >= 4 is 16.8 Å². The van der Waals surface area contributed by atoms with Gasteiger partial charge < -0.3 is 0 Å². The second-order valence-electron chi connectivity index (χ2n) is 5.39. The van der Waals surface area contributed by atoms with E-state index in [1.54, 1.807) is 25.1 Å². The monoisotopic (exact) mass is 358 g/mol. The summed E-state index contributed by atoms with van der Waals surface area (Å²) in [5, 5.41) is -0.706. The Hall–Kier alpha value is -1.88. The lowest BCUT2D eigenvalue weighted by Crippen LogP contribution is -2.10. The Kier molecular flexibility index (Phi) is 5.99. The van der Waals surface area contributed by atoms with E-state index in [2.05, 4.69) is 0 Å². The van der Waals surface area contributed by atoms with Gasteiger partial charge in [-0.15, -0.1) is 0 Å². The van der Waals surface area contributed by atoms with Gasteiger partial charge >= 0.3 is 0 Å². The van der Waals surface area contributed by atoms with E-state index in [-0.39, 0.29) is 24.8 Å². The summed E-state index contributed by atoms with van der Waals surface area (Å²) in [7, 11) is 0. The average molecular weight is 359 g/mol. The summed E-state index contributed by atoms with van der Waals surface area (Å²) >= 11 is 5.45. The molecular formula is C18H15ClF4O. The molecule has 0 saturated carbocycles. The molecular weight excluding hydrogens is 344 g/mol. The maximum absolute atomic E-state index is 14.1. The van der Waals surface area contributed by atoms with Gasteiger partial charge in [0.25, 0.3) is 5.24 Å². The first-order chi connectivity index (χ1) is 11.4. The molecule has 0 atom stereocenters. The van der Waals surface area contributed by atoms with Crippen molar-refractivity contribution in [3.63, 3.8) is 0 Å². The number of hydrogen-bond acceptors (Lipinski definition) is 1. The minimum Gasteiger partial charge on any atom is -0.276 e. The molecule has 2 rings (SSSR count). The highest BCUT2D eigenvalue weighted by Gasteiger charge is 2.24. The number of rotatable bonds is 6. The fourth-order valence-corrected chi connectivity index (χ4v) is 2.79. The van der Waals surface area contributed by atoms with Crippen molar-refractivity contribution in [1.29, 1.82) is 0 Å². The summed E-state index contributed by atoms with van der Waals surface area (Å²) in [6.45, 7) is 1.66. The van der Waals surface area contributed by atoms with Crippen LogP contribution < -0.4 is 0 Å². The fraction of sp³-hybridized carbons (Fsp3) is 0.278. The zero-order valence-electron chi connectivity index (χ0n) is 12.9. The van der Waals surface area contributed by atoms with Crippen LogP contribution in [0.15, 0.2) is 24.3 Å². The minimum absolute atomic E-state index is 0.0223. The van der Waals surface area contributed by atoms with Crippen molar-refractivity contribution in [2.45, 2.75) is 32.6 Å². The van der Waals surface area contributed by atoms with E-state index >= 15 is 0 Å². The normalized spacial score (nSPS) is 10.9. The lowest BCUT2D eigenvalue weighted by Gasteiger charge is -2.12. The van der Waals surface area contributed by atoms with Crippen molar-refractivity contribution in [2.24, 2.45) is 0 Å². The van der Waals surface area contributed by atoms with Crippen LogP contribution in [0.1, 0.15) is 40.4 Å². The molecule has 0 aliphatic heterocycles. The SMILES string of the molecule is CCCc1c(F)c(F)c(CCc2ccccc2C(=O)Cl)c(F)c1F. The van der Waals surface area contributed by atoms with Gasteiger partial charge in [0, 0.05) is 16.7 Å². The van der Waals surface area contributed by atoms with Gasteiger partial charge in [0.1, 0.15) is 0 Å². The van der Waals surface area contributed by atoms with Crippen molar-refractivity contribution in [3.8, 4) is 0 Å². The Morgan fingerprint density at radius 2 is 1.38 bits per heavy atom. The zero-order valence-corrected chi connectivity index (χ0v) is 13.7. The minimum atomic E-state index is -1.38. The van der Waals surface area contributed by atoms with E-state index in [0.717, 1.165) is 0 Å². The van der Waals surface area contributed by atoms with Crippen LogP contribution in [0.5, 0.6) is 0 Å². The molecule has 0 N–H and O–H groups in total. The summed E-state index contributed by atoms with van der Waals surface area (Å²) in [5.41, 5.74) is -0.590. The predicted octanol–water partition coefficient (Wildman–Crippen LogP) is 5.36. The Bertz CT molecular complexity index is 745. The van der Waals surface area contributed by atoms with E-state index < -0.39 is 39.6 Å². The molecule has 2 aromatic rings. The summed E-state index contributed by atoms with van der Waals surface area (Å²) in [6.07, 6.45) is 0.000216. The van der Waals surface area contributed by atoms with E-state index in [0.29, 0.717) is 12.0 Å². The Balaban J connectivity index is 2.36. The standard InChI is InChI=1S/C18H15ClF4O/c1-2-5-12-14(20)16(22)13(17(23)15(12)21)9-8-10-6-3-4-7-11(10)18(19)24/h3-4,6-7H,2,5,8-9H2,1H3. The fourth-order valence-electron chi connectivity index (χ4n) is 2.60. The molecule has 24 heavy (non-hydrogen) atoms. The number of hydrogen-bond donors (Lipinski definition) is 0. The number of carbonyl (C=O) groups is 1.